The number of nitrogens with one attached hydrogen (secondary N) is 1. The second-order valence-electron chi connectivity index (χ2n) is 2.86. The van der Waals surface area contributed by atoms with Crippen molar-refractivity contribution in [2.75, 3.05) is 13.1 Å². The van der Waals surface area contributed by atoms with Crippen molar-refractivity contribution in [3.63, 3.8) is 0 Å². The van der Waals surface area contributed by atoms with Gasteiger partial charge in [-0.15, -0.1) is 0 Å². The molecule has 1 rings (SSSR count). The summed E-state index contributed by atoms with van der Waals surface area (Å²) < 4.78 is 0. The van der Waals surface area contributed by atoms with Gasteiger partial charge < -0.3 is 15.5 Å². The lowest BCUT2D eigenvalue weighted by atomic mass is 10.0. The van der Waals surface area contributed by atoms with Gasteiger partial charge >= 0.3 is 5.97 Å². The highest BCUT2D eigenvalue weighted by Gasteiger charge is 2.27. The minimum absolute atomic E-state index is 0.385. The van der Waals surface area contributed by atoms with E-state index in [9.17, 15) is 9.90 Å². The Hall–Kier alpha value is -0.610. The Morgan fingerprint density at radius 2 is 2.27 bits per heavy atom. The molecule has 64 valence electrons. The summed E-state index contributed by atoms with van der Waals surface area (Å²) in [4.78, 5) is 10.5. The molecule has 0 aromatic rings. The standard InChI is InChI=1S/C7H13NO3/c9-6-2-1-3-8-4-5(6)7(10)11/h5-6,8-9H,1-4H2,(H,10,11)/t5-,6-/m1/s1. The van der Waals surface area contributed by atoms with Crippen LogP contribution in [0, 0.1) is 5.92 Å². The van der Waals surface area contributed by atoms with Gasteiger partial charge in [-0.3, -0.25) is 4.79 Å². The van der Waals surface area contributed by atoms with Crippen LogP contribution in [-0.2, 0) is 4.79 Å². The average molecular weight is 159 g/mol. The van der Waals surface area contributed by atoms with Crippen molar-refractivity contribution in [3.05, 3.63) is 0 Å². The number of carbonyl (C=O) groups is 1. The lowest BCUT2D eigenvalue weighted by Crippen LogP contribution is -2.34. The van der Waals surface area contributed by atoms with Crippen LogP contribution < -0.4 is 5.32 Å². The summed E-state index contributed by atoms with van der Waals surface area (Å²) in [7, 11) is 0. The second kappa shape index (κ2) is 3.69. The fourth-order valence-corrected chi connectivity index (χ4v) is 1.28. The number of carboxylic acids is 1. The Kier molecular flexibility index (Phi) is 2.84. The van der Waals surface area contributed by atoms with Gasteiger partial charge in [0.15, 0.2) is 0 Å². The third kappa shape index (κ3) is 2.17. The quantitative estimate of drug-likeness (QED) is 0.479. The molecule has 0 amide bonds. The molecule has 0 spiro atoms. The van der Waals surface area contributed by atoms with Crippen molar-refractivity contribution < 1.29 is 15.0 Å². The first-order valence-electron chi connectivity index (χ1n) is 3.83. The highest BCUT2D eigenvalue weighted by molar-refractivity contribution is 5.71. The van der Waals surface area contributed by atoms with Crippen LogP contribution in [0.1, 0.15) is 12.8 Å². The third-order valence-electron chi connectivity index (χ3n) is 2.00. The number of aliphatic hydroxyl groups excluding tert-OH is 1. The molecule has 1 saturated heterocycles. The molecule has 0 aromatic carbocycles. The van der Waals surface area contributed by atoms with Crippen molar-refractivity contribution in [1.82, 2.24) is 5.32 Å². The normalized spacial score (nSPS) is 32.8. The summed E-state index contributed by atoms with van der Waals surface area (Å²) in [6.07, 6.45) is 0.761. The Morgan fingerprint density at radius 3 is 2.91 bits per heavy atom. The second-order valence-corrected chi connectivity index (χ2v) is 2.86. The Balaban J connectivity index is 2.52. The molecule has 0 saturated carbocycles. The SMILES string of the molecule is O=C(O)[C@@H]1CNCCC[C@H]1O. The van der Waals surface area contributed by atoms with Crippen molar-refractivity contribution in [2.45, 2.75) is 18.9 Å². The Bertz CT molecular complexity index is 149. The van der Waals surface area contributed by atoms with Crippen LogP contribution in [0.15, 0.2) is 0 Å². The van der Waals surface area contributed by atoms with Gasteiger partial charge in [0.1, 0.15) is 0 Å². The summed E-state index contributed by atoms with van der Waals surface area (Å²) >= 11 is 0. The molecule has 0 unspecified atom stereocenters. The molecule has 1 aliphatic rings. The molecule has 1 aliphatic heterocycles. The summed E-state index contributed by atoms with van der Waals surface area (Å²) in [5.74, 6) is -1.54. The van der Waals surface area contributed by atoms with Gasteiger partial charge in [-0.1, -0.05) is 0 Å². The molecular weight excluding hydrogens is 146 g/mol. The predicted molar refractivity (Wildman–Crippen MR) is 39.2 cm³/mol. The van der Waals surface area contributed by atoms with Crippen LogP contribution in [0.3, 0.4) is 0 Å². The molecule has 1 fully saturated rings. The summed E-state index contributed by atoms with van der Waals surface area (Å²) in [6, 6.07) is 0. The van der Waals surface area contributed by atoms with E-state index in [4.69, 9.17) is 5.11 Å². The van der Waals surface area contributed by atoms with Crippen molar-refractivity contribution in [3.8, 4) is 0 Å². The van der Waals surface area contributed by atoms with E-state index in [0.29, 0.717) is 13.0 Å². The van der Waals surface area contributed by atoms with Gasteiger partial charge in [0.2, 0.25) is 0 Å². The summed E-state index contributed by atoms with van der Waals surface area (Å²) in [6.45, 7) is 1.19. The summed E-state index contributed by atoms with van der Waals surface area (Å²) in [5, 5.41) is 20.9. The zero-order valence-electron chi connectivity index (χ0n) is 6.29. The first kappa shape index (κ1) is 8.49. The van der Waals surface area contributed by atoms with Gasteiger partial charge in [-0.25, -0.2) is 0 Å². The number of aliphatic carboxylic acids is 1. The van der Waals surface area contributed by atoms with E-state index in [1.807, 2.05) is 0 Å². The molecule has 3 N–H and O–H groups in total. The van der Waals surface area contributed by atoms with E-state index in [-0.39, 0.29) is 0 Å². The van der Waals surface area contributed by atoms with E-state index in [1.54, 1.807) is 0 Å². The molecular formula is C7H13NO3. The topological polar surface area (TPSA) is 69.6 Å². The highest BCUT2D eigenvalue weighted by atomic mass is 16.4. The first-order valence-corrected chi connectivity index (χ1v) is 3.83. The minimum atomic E-state index is -0.910. The Labute approximate surface area is 65.2 Å². The van der Waals surface area contributed by atoms with Gasteiger partial charge in [0.05, 0.1) is 12.0 Å². The van der Waals surface area contributed by atoms with Gasteiger partial charge in [0, 0.05) is 6.54 Å². The van der Waals surface area contributed by atoms with E-state index < -0.39 is 18.0 Å². The first-order chi connectivity index (χ1) is 5.22. The maximum Gasteiger partial charge on any atom is 0.310 e. The van der Waals surface area contributed by atoms with Crippen LogP contribution in [0.2, 0.25) is 0 Å². The van der Waals surface area contributed by atoms with Crippen LogP contribution >= 0.6 is 0 Å². The number of rotatable bonds is 1. The average Bonchev–Trinajstić information content (AvgIpc) is 2.13. The smallest absolute Gasteiger partial charge is 0.310 e. The van der Waals surface area contributed by atoms with E-state index in [0.717, 1.165) is 13.0 Å². The fourth-order valence-electron chi connectivity index (χ4n) is 1.28. The molecule has 11 heavy (non-hydrogen) atoms. The van der Waals surface area contributed by atoms with Crippen LogP contribution in [0.25, 0.3) is 0 Å². The largest absolute Gasteiger partial charge is 0.481 e. The number of hydrogen-bond donors (Lipinski definition) is 3. The molecule has 0 radical (unpaired) electrons. The fraction of sp³-hybridized carbons (Fsp3) is 0.857. The zero-order valence-corrected chi connectivity index (χ0v) is 6.29. The Morgan fingerprint density at radius 1 is 1.55 bits per heavy atom. The lowest BCUT2D eigenvalue weighted by molar-refractivity contribution is -0.145. The summed E-state index contributed by atoms with van der Waals surface area (Å²) in [5.41, 5.74) is 0. The van der Waals surface area contributed by atoms with Crippen molar-refractivity contribution >= 4 is 5.97 Å². The third-order valence-corrected chi connectivity index (χ3v) is 2.00. The molecule has 2 atom stereocenters. The van der Waals surface area contributed by atoms with Crippen LogP contribution in [0.4, 0.5) is 0 Å². The van der Waals surface area contributed by atoms with E-state index in [1.165, 1.54) is 0 Å². The molecule has 4 nitrogen and oxygen atoms in total. The zero-order chi connectivity index (χ0) is 8.27. The van der Waals surface area contributed by atoms with Gasteiger partial charge in [-0.05, 0) is 19.4 Å². The minimum Gasteiger partial charge on any atom is -0.481 e. The number of carboxylic acid groups (broad SMARTS) is 1. The number of hydrogen-bond acceptors (Lipinski definition) is 3. The monoisotopic (exact) mass is 159 g/mol. The molecule has 0 aliphatic carbocycles. The number of aliphatic hydroxyl groups is 1. The van der Waals surface area contributed by atoms with Gasteiger partial charge in [0.25, 0.3) is 0 Å². The van der Waals surface area contributed by atoms with E-state index in [2.05, 4.69) is 5.32 Å². The maximum absolute atomic E-state index is 10.5. The van der Waals surface area contributed by atoms with Gasteiger partial charge in [-0.2, -0.15) is 0 Å². The van der Waals surface area contributed by atoms with Crippen molar-refractivity contribution in [1.29, 1.82) is 0 Å². The highest BCUT2D eigenvalue weighted by Crippen LogP contribution is 2.11. The maximum atomic E-state index is 10.5. The van der Waals surface area contributed by atoms with Crippen LogP contribution in [-0.4, -0.2) is 35.4 Å². The molecule has 0 bridgehead atoms. The van der Waals surface area contributed by atoms with E-state index >= 15 is 0 Å². The predicted octanol–water partition coefficient (Wildman–Crippen LogP) is -0.569. The van der Waals surface area contributed by atoms with Crippen molar-refractivity contribution in [2.24, 2.45) is 5.92 Å². The molecule has 4 heteroatoms. The molecule has 0 aromatic heterocycles. The van der Waals surface area contributed by atoms with Crippen LogP contribution in [0.5, 0.6) is 0 Å². The molecule has 1 heterocycles. The lowest BCUT2D eigenvalue weighted by Gasteiger charge is -2.14.